The normalized spacial score (nSPS) is 13.1. The molecule has 6 nitrogen and oxygen atoms in total. The molecule has 0 saturated carbocycles. The van der Waals surface area contributed by atoms with Gasteiger partial charge in [-0.1, -0.05) is 36.4 Å². The minimum atomic E-state index is -4.43. The van der Waals surface area contributed by atoms with Crippen molar-refractivity contribution < 1.29 is 23.0 Å². The maximum Gasteiger partial charge on any atom is 0.422 e. The number of pyridine rings is 1. The highest BCUT2D eigenvalue weighted by Gasteiger charge is 2.29. The molecule has 2 aromatic rings. The Morgan fingerprint density at radius 2 is 1.93 bits per heavy atom. The van der Waals surface area contributed by atoms with Crippen molar-refractivity contribution >= 4 is 5.96 Å². The van der Waals surface area contributed by atoms with Gasteiger partial charge in [0.25, 0.3) is 0 Å². The average molecular weight is 396 g/mol. The van der Waals surface area contributed by atoms with E-state index in [0.717, 1.165) is 5.56 Å². The molecule has 0 aliphatic heterocycles. The Morgan fingerprint density at radius 1 is 1.18 bits per heavy atom. The first kappa shape index (κ1) is 21.5. The van der Waals surface area contributed by atoms with Crippen LogP contribution in [0.3, 0.4) is 0 Å². The molecule has 1 aromatic carbocycles. The number of hydrogen-bond acceptors (Lipinski definition) is 4. The van der Waals surface area contributed by atoms with E-state index in [-0.39, 0.29) is 24.9 Å². The van der Waals surface area contributed by atoms with E-state index < -0.39 is 12.8 Å². The highest BCUT2D eigenvalue weighted by molar-refractivity contribution is 5.79. The fraction of sp³-hybridized carbons (Fsp3) is 0.368. The number of guanidine groups is 1. The Hall–Kier alpha value is -2.81. The predicted molar refractivity (Wildman–Crippen MR) is 100 cm³/mol. The summed E-state index contributed by atoms with van der Waals surface area (Å²) in [4.78, 5) is 7.95. The summed E-state index contributed by atoms with van der Waals surface area (Å²) >= 11 is 0. The Balaban J connectivity index is 1.92. The van der Waals surface area contributed by atoms with Crippen molar-refractivity contribution in [1.82, 2.24) is 15.6 Å². The number of aromatic nitrogens is 1. The largest absolute Gasteiger partial charge is 0.468 e. The van der Waals surface area contributed by atoms with Crippen molar-refractivity contribution in [2.75, 3.05) is 26.8 Å². The van der Waals surface area contributed by atoms with Crippen LogP contribution in [0, 0.1) is 0 Å². The molecule has 152 valence electrons. The summed E-state index contributed by atoms with van der Waals surface area (Å²) in [5, 5.41) is 15.7. The maximum atomic E-state index is 12.4. The van der Waals surface area contributed by atoms with E-state index in [1.54, 1.807) is 19.2 Å². The van der Waals surface area contributed by atoms with Gasteiger partial charge in [0.05, 0.1) is 6.61 Å². The molecule has 0 spiro atoms. The van der Waals surface area contributed by atoms with Gasteiger partial charge in [0.1, 0.15) is 0 Å². The van der Waals surface area contributed by atoms with Crippen LogP contribution in [0.4, 0.5) is 13.2 Å². The molecule has 1 heterocycles. The third-order valence-corrected chi connectivity index (χ3v) is 3.90. The molecule has 0 aliphatic carbocycles. The molecule has 9 heteroatoms. The Morgan fingerprint density at radius 3 is 2.57 bits per heavy atom. The topological polar surface area (TPSA) is 78.8 Å². The van der Waals surface area contributed by atoms with Crippen molar-refractivity contribution in [1.29, 1.82) is 0 Å². The third-order valence-electron chi connectivity index (χ3n) is 3.90. The monoisotopic (exact) mass is 396 g/mol. The number of nitrogens with one attached hydrogen (secondary N) is 2. The second kappa shape index (κ2) is 10.5. The zero-order chi connectivity index (χ0) is 20.4. The number of benzene rings is 1. The van der Waals surface area contributed by atoms with Crippen LogP contribution in [0.25, 0.3) is 0 Å². The first-order valence-electron chi connectivity index (χ1n) is 8.66. The lowest BCUT2D eigenvalue weighted by molar-refractivity contribution is -0.154. The SMILES string of the molecule is CN=C(NCc1cccnc1OCC(F)(F)F)NCC(CO)c1ccccc1. The van der Waals surface area contributed by atoms with E-state index in [1.165, 1.54) is 6.20 Å². The van der Waals surface area contributed by atoms with Crippen LogP contribution < -0.4 is 15.4 Å². The molecule has 28 heavy (non-hydrogen) atoms. The van der Waals surface area contributed by atoms with E-state index in [9.17, 15) is 18.3 Å². The maximum absolute atomic E-state index is 12.4. The van der Waals surface area contributed by atoms with Crippen LogP contribution in [-0.4, -0.2) is 49.0 Å². The van der Waals surface area contributed by atoms with Crippen LogP contribution in [0.5, 0.6) is 5.88 Å². The first-order chi connectivity index (χ1) is 13.4. The van der Waals surface area contributed by atoms with Gasteiger partial charge in [-0.2, -0.15) is 13.2 Å². The van der Waals surface area contributed by atoms with Gasteiger partial charge in [-0.3, -0.25) is 4.99 Å². The summed E-state index contributed by atoms with van der Waals surface area (Å²) in [6, 6.07) is 12.8. The lowest BCUT2D eigenvalue weighted by atomic mass is 10.0. The Labute approximate surface area is 161 Å². The molecule has 0 fully saturated rings. The van der Waals surface area contributed by atoms with E-state index in [4.69, 9.17) is 4.74 Å². The number of nitrogens with zero attached hydrogens (tertiary/aromatic N) is 2. The van der Waals surface area contributed by atoms with Crippen molar-refractivity contribution in [2.24, 2.45) is 4.99 Å². The van der Waals surface area contributed by atoms with Crippen LogP contribution in [0.1, 0.15) is 17.0 Å². The third kappa shape index (κ3) is 7.07. The molecule has 0 saturated heterocycles. The summed E-state index contributed by atoms with van der Waals surface area (Å²) < 4.78 is 41.9. The molecule has 0 aliphatic rings. The van der Waals surface area contributed by atoms with Crippen molar-refractivity contribution in [3.63, 3.8) is 0 Å². The molecule has 0 amide bonds. The van der Waals surface area contributed by atoms with Gasteiger partial charge in [-0.25, -0.2) is 4.98 Å². The quantitative estimate of drug-likeness (QED) is 0.472. The Bertz CT molecular complexity index is 754. The van der Waals surface area contributed by atoms with Crippen molar-refractivity contribution in [3.8, 4) is 5.88 Å². The summed E-state index contributed by atoms with van der Waals surface area (Å²) in [6.07, 6.45) is -3.06. The van der Waals surface area contributed by atoms with Gasteiger partial charge in [0, 0.05) is 37.8 Å². The van der Waals surface area contributed by atoms with E-state index in [0.29, 0.717) is 18.1 Å². The number of aliphatic hydroxyl groups excluding tert-OH is 1. The van der Waals surface area contributed by atoms with E-state index >= 15 is 0 Å². The number of rotatable bonds is 8. The second-order valence-electron chi connectivity index (χ2n) is 5.97. The zero-order valence-corrected chi connectivity index (χ0v) is 15.4. The molecule has 2 rings (SSSR count). The van der Waals surface area contributed by atoms with Crippen LogP contribution in [0.15, 0.2) is 53.7 Å². The standard InChI is InChI=1S/C19H23F3N4O2/c1-23-18(26-11-16(12-27)14-6-3-2-4-7-14)25-10-15-8-5-9-24-17(15)28-13-19(20,21)22/h2-9,16,27H,10-13H2,1H3,(H2,23,25,26). The number of ether oxygens (including phenoxy) is 1. The summed E-state index contributed by atoms with van der Waals surface area (Å²) in [5.74, 6) is 0.240. The fourth-order valence-electron chi connectivity index (χ4n) is 2.47. The second-order valence-corrected chi connectivity index (χ2v) is 5.97. The number of aliphatic hydroxyl groups is 1. The van der Waals surface area contributed by atoms with Gasteiger partial charge in [0.2, 0.25) is 5.88 Å². The number of alkyl halides is 3. The van der Waals surface area contributed by atoms with Crippen LogP contribution in [0.2, 0.25) is 0 Å². The van der Waals surface area contributed by atoms with Gasteiger partial charge < -0.3 is 20.5 Å². The predicted octanol–water partition coefficient (Wildman–Crippen LogP) is 2.46. The molecule has 1 aromatic heterocycles. The highest BCUT2D eigenvalue weighted by Crippen LogP contribution is 2.20. The summed E-state index contributed by atoms with van der Waals surface area (Å²) in [7, 11) is 1.58. The van der Waals surface area contributed by atoms with Gasteiger partial charge in [-0.05, 0) is 11.6 Å². The van der Waals surface area contributed by atoms with Crippen molar-refractivity contribution in [2.45, 2.75) is 18.6 Å². The molecule has 1 atom stereocenters. The molecule has 0 radical (unpaired) electrons. The van der Waals surface area contributed by atoms with Crippen LogP contribution in [-0.2, 0) is 6.54 Å². The van der Waals surface area contributed by atoms with Crippen LogP contribution >= 0.6 is 0 Å². The molecule has 3 N–H and O–H groups in total. The summed E-state index contributed by atoms with van der Waals surface area (Å²) in [5.41, 5.74) is 1.46. The average Bonchev–Trinajstić information content (AvgIpc) is 2.70. The lowest BCUT2D eigenvalue weighted by Gasteiger charge is -2.18. The zero-order valence-electron chi connectivity index (χ0n) is 15.4. The minimum absolute atomic E-state index is 0.0357. The smallest absolute Gasteiger partial charge is 0.422 e. The van der Waals surface area contributed by atoms with E-state index in [2.05, 4.69) is 20.6 Å². The summed E-state index contributed by atoms with van der Waals surface area (Å²) in [6.45, 7) is -0.828. The van der Waals surface area contributed by atoms with Gasteiger partial charge in [-0.15, -0.1) is 0 Å². The van der Waals surface area contributed by atoms with Gasteiger partial charge >= 0.3 is 6.18 Å². The molecule has 0 bridgehead atoms. The van der Waals surface area contributed by atoms with Crippen molar-refractivity contribution in [3.05, 3.63) is 59.8 Å². The molecular formula is C19H23F3N4O2. The van der Waals surface area contributed by atoms with E-state index in [1.807, 2.05) is 30.3 Å². The minimum Gasteiger partial charge on any atom is -0.468 e. The molecular weight excluding hydrogens is 373 g/mol. The highest BCUT2D eigenvalue weighted by atomic mass is 19.4. The number of aliphatic imine (C=N–C) groups is 1. The fourth-order valence-corrected chi connectivity index (χ4v) is 2.47. The molecule has 1 unspecified atom stereocenters. The van der Waals surface area contributed by atoms with Gasteiger partial charge in [0.15, 0.2) is 12.6 Å². The number of hydrogen-bond donors (Lipinski definition) is 3. The Kier molecular flexibility index (Phi) is 8.06. The number of halogens is 3. The lowest BCUT2D eigenvalue weighted by Crippen LogP contribution is -2.39. The first-order valence-corrected chi connectivity index (χ1v) is 8.66.